The second kappa shape index (κ2) is 7.92. The maximum atomic E-state index is 13.1. The van der Waals surface area contributed by atoms with Crippen molar-refractivity contribution < 1.29 is 22.7 Å². The third-order valence-electron chi connectivity index (χ3n) is 5.81. The lowest BCUT2D eigenvalue weighted by Gasteiger charge is -2.43. The van der Waals surface area contributed by atoms with Gasteiger partial charge < -0.3 is 14.4 Å². The van der Waals surface area contributed by atoms with Crippen LogP contribution in [-0.2, 0) is 21.2 Å². The summed E-state index contributed by atoms with van der Waals surface area (Å²) >= 11 is 0. The highest BCUT2D eigenvalue weighted by atomic mass is 32.2. The first-order valence-corrected chi connectivity index (χ1v) is 11.7. The molecule has 0 spiro atoms. The molecular formula is C22H26N2O5S. The Balaban J connectivity index is 1.65. The van der Waals surface area contributed by atoms with E-state index < -0.39 is 15.9 Å². The summed E-state index contributed by atoms with van der Waals surface area (Å²) in [5.41, 5.74) is 2.73. The second-order valence-electron chi connectivity index (χ2n) is 7.91. The lowest BCUT2D eigenvalue weighted by molar-refractivity contribution is -0.123. The van der Waals surface area contributed by atoms with Crippen LogP contribution in [0.2, 0.25) is 0 Å². The van der Waals surface area contributed by atoms with Crippen LogP contribution in [0.3, 0.4) is 0 Å². The smallest absolute Gasteiger partial charge is 0.241 e. The van der Waals surface area contributed by atoms with Gasteiger partial charge in [0.2, 0.25) is 5.91 Å². The molecule has 8 heteroatoms. The molecule has 2 aliphatic rings. The summed E-state index contributed by atoms with van der Waals surface area (Å²) in [5.74, 6) is 1.19. The fraction of sp³-hybridized carbons (Fsp3) is 0.409. The van der Waals surface area contributed by atoms with Crippen LogP contribution in [0.15, 0.2) is 42.5 Å². The van der Waals surface area contributed by atoms with Gasteiger partial charge in [-0.25, -0.2) is 8.42 Å². The van der Waals surface area contributed by atoms with Crippen molar-refractivity contribution in [3.05, 3.63) is 53.6 Å². The average Bonchev–Trinajstić information content (AvgIpc) is 3.03. The highest BCUT2D eigenvalue weighted by Crippen LogP contribution is 2.34. The quantitative estimate of drug-likeness (QED) is 0.723. The Morgan fingerprint density at radius 3 is 2.43 bits per heavy atom. The number of benzene rings is 2. The molecule has 0 aliphatic carbocycles. The molecule has 0 aromatic heterocycles. The lowest BCUT2D eigenvalue weighted by Crippen LogP contribution is -2.61. The number of anilines is 1. The van der Waals surface area contributed by atoms with E-state index in [1.165, 1.54) is 0 Å². The van der Waals surface area contributed by atoms with Gasteiger partial charge in [-0.15, -0.1) is 0 Å². The van der Waals surface area contributed by atoms with Crippen LogP contribution in [0.5, 0.6) is 11.5 Å². The first kappa shape index (κ1) is 20.7. The zero-order chi connectivity index (χ0) is 21.5. The number of rotatable bonds is 5. The van der Waals surface area contributed by atoms with Gasteiger partial charge in [0, 0.05) is 18.3 Å². The van der Waals surface area contributed by atoms with E-state index in [1.807, 2.05) is 54.3 Å². The predicted molar refractivity (Wildman–Crippen MR) is 115 cm³/mol. The first-order chi connectivity index (χ1) is 14.3. The molecule has 7 nitrogen and oxygen atoms in total. The van der Waals surface area contributed by atoms with E-state index in [2.05, 4.69) is 0 Å². The van der Waals surface area contributed by atoms with E-state index in [-0.39, 0.29) is 30.0 Å². The molecule has 2 atom stereocenters. The Kier molecular flexibility index (Phi) is 5.46. The maximum Gasteiger partial charge on any atom is 0.241 e. The largest absolute Gasteiger partial charge is 0.493 e. The van der Waals surface area contributed by atoms with Gasteiger partial charge in [0.15, 0.2) is 21.3 Å². The van der Waals surface area contributed by atoms with Crippen molar-refractivity contribution in [1.82, 2.24) is 4.90 Å². The molecule has 0 radical (unpaired) electrons. The Morgan fingerprint density at radius 1 is 1.00 bits per heavy atom. The van der Waals surface area contributed by atoms with Crippen LogP contribution < -0.4 is 14.4 Å². The summed E-state index contributed by atoms with van der Waals surface area (Å²) < 4.78 is 35.7. The highest BCUT2D eigenvalue weighted by molar-refractivity contribution is 7.91. The number of carbonyl (C=O) groups excluding carboxylic acids is 1. The number of hydrogen-bond acceptors (Lipinski definition) is 6. The molecule has 2 aliphatic heterocycles. The monoisotopic (exact) mass is 430 g/mol. The van der Waals surface area contributed by atoms with Gasteiger partial charge in [0.05, 0.1) is 38.3 Å². The molecule has 1 amide bonds. The lowest BCUT2D eigenvalue weighted by atomic mass is 10.0. The van der Waals surface area contributed by atoms with Crippen molar-refractivity contribution in [3.63, 3.8) is 0 Å². The molecular weight excluding hydrogens is 404 g/mol. The SMILES string of the molecule is COc1ccc(CN2CC(=O)N(c3cccc(C)c3)[C@@H]3CS(=O)(=O)C[C@@H]32)cc1OC. The fourth-order valence-corrected chi connectivity index (χ4v) is 6.44. The van der Waals surface area contributed by atoms with E-state index in [0.717, 1.165) is 16.8 Å². The maximum absolute atomic E-state index is 13.1. The van der Waals surface area contributed by atoms with E-state index in [9.17, 15) is 13.2 Å². The predicted octanol–water partition coefficient (Wildman–Crippen LogP) is 2.03. The topological polar surface area (TPSA) is 76.2 Å². The van der Waals surface area contributed by atoms with Crippen molar-refractivity contribution in [2.24, 2.45) is 0 Å². The Hall–Kier alpha value is -2.58. The Morgan fingerprint density at radius 2 is 1.73 bits per heavy atom. The van der Waals surface area contributed by atoms with Crippen molar-refractivity contribution >= 4 is 21.4 Å². The summed E-state index contributed by atoms with van der Waals surface area (Å²) in [6.45, 7) is 2.59. The Labute approximate surface area is 177 Å². The van der Waals surface area contributed by atoms with Gasteiger partial charge in [-0.05, 0) is 42.3 Å². The van der Waals surface area contributed by atoms with Gasteiger partial charge in [-0.1, -0.05) is 18.2 Å². The van der Waals surface area contributed by atoms with Gasteiger partial charge in [0.25, 0.3) is 0 Å². The molecule has 0 saturated carbocycles. The summed E-state index contributed by atoms with van der Waals surface area (Å²) in [6.07, 6.45) is 0. The second-order valence-corrected chi connectivity index (χ2v) is 10.1. The van der Waals surface area contributed by atoms with Gasteiger partial charge in [-0.2, -0.15) is 0 Å². The highest BCUT2D eigenvalue weighted by Gasteiger charge is 2.49. The third kappa shape index (κ3) is 3.89. The number of carbonyl (C=O) groups is 1. The zero-order valence-electron chi connectivity index (χ0n) is 17.4. The van der Waals surface area contributed by atoms with Crippen molar-refractivity contribution in [2.75, 3.05) is 37.2 Å². The van der Waals surface area contributed by atoms with Crippen LogP contribution in [0.4, 0.5) is 5.69 Å². The summed E-state index contributed by atoms with van der Waals surface area (Å²) in [5, 5.41) is 0. The van der Waals surface area contributed by atoms with Crippen LogP contribution in [0.25, 0.3) is 0 Å². The normalized spacial score (nSPS) is 23.3. The number of piperazine rings is 1. The number of ether oxygens (including phenoxy) is 2. The minimum absolute atomic E-state index is 0.0141. The minimum atomic E-state index is -3.23. The molecule has 4 rings (SSSR count). The molecule has 30 heavy (non-hydrogen) atoms. The molecule has 0 N–H and O–H groups in total. The molecule has 160 valence electrons. The number of methoxy groups -OCH3 is 2. The van der Waals surface area contributed by atoms with Crippen LogP contribution >= 0.6 is 0 Å². The van der Waals surface area contributed by atoms with Crippen LogP contribution in [-0.4, -0.2) is 63.6 Å². The number of fused-ring (bicyclic) bond motifs is 1. The molecule has 2 saturated heterocycles. The molecule has 2 heterocycles. The van der Waals surface area contributed by atoms with Gasteiger partial charge in [-0.3, -0.25) is 9.69 Å². The zero-order valence-corrected chi connectivity index (χ0v) is 18.2. The van der Waals surface area contributed by atoms with E-state index in [1.54, 1.807) is 19.1 Å². The van der Waals surface area contributed by atoms with Gasteiger partial charge >= 0.3 is 0 Å². The first-order valence-electron chi connectivity index (χ1n) is 9.85. The standard InChI is InChI=1S/C22H26N2O5S/c1-15-5-4-6-17(9-15)24-19-14-30(26,27)13-18(19)23(12-22(24)25)11-16-7-8-20(28-2)21(10-16)29-3/h4-10,18-19H,11-14H2,1-3H3/t18-,19+/m0/s1. The number of amides is 1. The minimum Gasteiger partial charge on any atom is -0.493 e. The summed E-state index contributed by atoms with van der Waals surface area (Å²) in [4.78, 5) is 16.8. The third-order valence-corrected chi connectivity index (χ3v) is 7.51. The van der Waals surface area contributed by atoms with Crippen molar-refractivity contribution in [1.29, 1.82) is 0 Å². The van der Waals surface area contributed by atoms with E-state index >= 15 is 0 Å². The number of nitrogens with zero attached hydrogens (tertiary/aromatic N) is 2. The summed E-state index contributed by atoms with van der Waals surface area (Å²) in [6, 6.07) is 12.6. The van der Waals surface area contributed by atoms with Crippen molar-refractivity contribution in [2.45, 2.75) is 25.6 Å². The molecule has 0 bridgehead atoms. The number of sulfone groups is 1. The molecule has 0 unspecified atom stereocenters. The molecule has 2 aromatic rings. The van der Waals surface area contributed by atoms with Crippen LogP contribution in [0, 0.1) is 6.92 Å². The van der Waals surface area contributed by atoms with E-state index in [0.29, 0.717) is 18.0 Å². The van der Waals surface area contributed by atoms with E-state index in [4.69, 9.17) is 9.47 Å². The summed E-state index contributed by atoms with van der Waals surface area (Å²) in [7, 11) is -0.0794. The molecule has 2 fully saturated rings. The van der Waals surface area contributed by atoms with Crippen LogP contribution in [0.1, 0.15) is 11.1 Å². The fourth-order valence-electron chi connectivity index (χ4n) is 4.46. The van der Waals surface area contributed by atoms with Gasteiger partial charge in [0.1, 0.15) is 0 Å². The van der Waals surface area contributed by atoms with Crippen molar-refractivity contribution in [3.8, 4) is 11.5 Å². The Bertz CT molecular complexity index is 1070. The average molecular weight is 431 g/mol. The molecule has 2 aromatic carbocycles. The number of aryl methyl sites for hydroxylation is 1. The number of hydrogen-bond donors (Lipinski definition) is 0.